The Balaban J connectivity index is 1.20. The number of amides is 2. The van der Waals surface area contributed by atoms with Crippen molar-refractivity contribution in [3.63, 3.8) is 0 Å². The van der Waals surface area contributed by atoms with Gasteiger partial charge in [-0.15, -0.1) is 0 Å². The van der Waals surface area contributed by atoms with Crippen LogP contribution >= 0.6 is 0 Å². The Morgan fingerprint density at radius 2 is 1.79 bits per heavy atom. The molecule has 212 valence electrons. The highest BCUT2D eigenvalue weighted by atomic mass is 16.6. The van der Waals surface area contributed by atoms with Crippen molar-refractivity contribution in [3.05, 3.63) is 105 Å². The Bertz CT molecular complexity index is 1900. The number of para-hydroxylation sites is 1. The van der Waals surface area contributed by atoms with Gasteiger partial charge < -0.3 is 14.3 Å². The van der Waals surface area contributed by atoms with Gasteiger partial charge in [-0.05, 0) is 56.5 Å². The summed E-state index contributed by atoms with van der Waals surface area (Å²) >= 11 is 0. The fourth-order valence-corrected chi connectivity index (χ4v) is 5.75. The predicted molar refractivity (Wildman–Crippen MR) is 161 cm³/mol. The number of nitro groups is 1. The van der Waals surface area contributed by atoms with Crippen molar-refractivity contribution >= 4 is 50.7 Å². The minimum Gasteiger partial charge on any atom is -0.455 e. The molecule has 42 heavy (non-hydrogen) atoms. The third-order valence-corrected chi connectivity index (χ3v) is 7.71. The predicted octanol–water partition coefficient (Wildman–Crippen LogP) is 6.28. The number of anilines is 1. The first-order valence-corrected chi connectivity index (χ1v) is 13.9. The quantitative estimate of drug-likeness (QED) is 0.178. The maximum Gasteiger partial charge on any atom is 0.291 e. The van der Waals surface area contributed by atoms with Gasteiger partial charge in [0, 0.05) is 63.7 Å². The van der Waals surface area contributed by atoms with Crippen LogP contribution in [-0.2, 0) is 24.2 Å². The molecule has 0 radical (unpaired) electrons. The van der Waals surface area contributed by atoms with E-state index in [1.807, 2.05) is 37.3 Å². The van der Waals surface area contributed by atoms with Crippen molar-refractivity contribution < 1.29 is 18.9 Å². The van der Waals surface area contributed by atoms with E-state index < -0.39 is 4.92 Å². The number of aryl methyl sites for hydroxylation is 2. The van der Waals surface area contributed by atoms with Crippen LogP contribution in [0.3, 0.4) is 0 Å². The van der Waals surface area contributed by atoms with E-state index in [9.17, 15) is 19.7 Å². The summed E-state index contributed by atoms with van der Waals surface area (Å²) in [6.07, 6.45) is 2.10. The standard InChI is InChI=1S/C32H29N5O5/c1-3-36-26-9-5-4-7-23(26)24-18-21(13-16-27(24)36)33-32(39)31-19(2)30-25(8-6-10-28(30)42-31)34-35-29(38)17-20-11-14-22(15-12-20)37(40)41/h4-5,7,9,11-16,18H,3,6,8,10,17H2,1-2H3,(H,33,39)(H,35,38)/b34-25+. The van der Waals surface area contributed by atoms with Crippen molar-refractivity contribution in [3.8, 4) is 0 Å². The van der Waals surface area contributed by atoms with Gasteiger partial charge in [0.1, 0.15) is 5.76 Å². The zero-order valence-electron chi connectivity index (χ0n) is 23.3. The molecule has 0 atom stereocenters. The summed E-state index contributed by atoms with van der Waals surface area (Å²) in [5.41, 5.74) is 8.22. The smallest absolute Gasteiger partial charge is 0.291 e. The zero-order chi connectivity index (χ0) is 29.4. The first-order valence-electron chi connectivity index (χ1n) is 13.9. The van der Waals surface area contributed by atoms with E-state index in [0.29, 0.717) is 41.1 Å². The number of hydrazone groups is 1. The second kappa shape index (κ2) is 11.0. The van der Waals surface area contributed by atoms with Crippen molar-refractivity contribution in [2.45, 2.75) is 46.1 Å². The number of furan rings is 1. The minimum absolute atomic E-state index is 0.0287. The number of nitrogens with zero attached hydrogens (tertiary/aromatic N) is 3. The van der Waals surface area contributed by atoms with E-state index >= 15 is 0 Å². The molecular formula is C32H29N5O5. The Kier molecular flexibility index (Phi) is 7.03. The number of hydrogen-bond acceptors (Lipinski definition) is 6. The average Bonchev–Trinajstić information content (AvgIpc) is 3.51. The summed E-state index contributed by atoms with van der Waals surface area (Å²) in [4.78, 5) is 36.3. The highest BCUT2D eigenvalue weighted by molar-refractivity contribution is 6.12. The molecule has 0 unspecified atom stereocenters. The third-order valence-electron chi connectivity index (χ3n) is 7.71. The van der Waals surface area contributed by atoms with Gasteiger partial charge in [0.05, 0.1) is 17.1 Å². The van der Waals surface area contributed by atoms with Crippen molar-refractivity contribution in [1.29, 1.82) is 0 Å². The largest absolute Gasteiger partial charge is 0.455 e. The van der Waals surface area contributed by atoms with Gasteiger partial charge in [0.2, 0.25) is 5.91 Å². The maximum absolute atomic E-state index is 13.4. The van der Waals surface area contributed by atoms with Crippen LogP contribution in [0.25, 0.3) is 21.8 Å². The van der Waals surface area contributed by atoms with E-state index in [1.54, 1.807) is 12.1 Å². The van der Waals surface area contributed by atoms with Crippen LogP contribution < -0.4 is 10.7 Å². The first-order chi connectivity index (χ1) is 20.3. The molecule has 2 heterocycles. The van der Waals surface area contributed by atoms with Gasteiger partial charge in [0.25, 0.3) is 11.6 Å². The molecule has 2 amide bonds. The lowest BCUT2D eigenvalue weighted by Gasteiger charge is -2.13. The summed E-state index contributed by atoms with van der Waals surface area (Å²) in [5.74, 6) is 0.209. The van der Waals surface area contributed by atoms with Crippen molar-refractivity contribution in [2.24, 2.45) is 5.10 Å². The molecule has 1 aliphatic carbocycles. The molecule has 0 saturated heterocycles. The van der Waals surface area contributed by atoms with Crippen molar-refractivity contribution in [2.75, 3.05) is 5.32 Å². The summed E-state index contributed by atoms with van der Waals surface area (Å²) in [6, 6.07) is 20.0. The van der Waals surface area contributed by atoms with Crippen LogP contribution in [-0.4, -0.2) is 27.0 Å². The molecule has 10 nitrogen and oxygen atoms in total. The Hall–Kier alpha value is -5.25. The number of hydrogen-bond donors (Lipinski definition) is 2. The van der Waals surface area contributed by atoms with E-state index in [-0.39, 0.29) is 29.7 Å². The molecule has 0 spiro atoms. The monoisotopic (exact) mass is 563 g/mol. The number of fused-ring (bicyclic) bond motifs is 4. The number of rotatable bonds is 7. The second-order valence-corrected chi connectivity index (χ2v) is 10.3. The number of nitro benzene ring substituents is 1. The van der Waals surface area contributed by atoms with E-state index in [1.165, 1.54) is 12.1 Å². The topological polar surface area (TPSA) is 132 Å². The van der Waals surface area contributed by atoms with E-state index in [4.69, 9.17) is 4.42 Å². The van der Waals surface area contributed by atoms with Gasteiger partial charge in [-0.3, -0.25) is 19.7 Å². The van der Waals surface area contributed by atoms with Gasteiger partial charge in [-0.1, -0.05) is 30.3 Å². The molecular weight excluding hydrogens is 534 g/mol. The maximum atomic E-state index is 13.4. The van der Waals surface area contributed by atoms with Crippen LogP contribution in [0.1, 0.15) is 52.8 Å². The number of nitrogens with one attached hydrogen (secondary N) is 2. The van der Waals surface area contributed by atoms with Gasteiger partial charge in [-0.25, -0.2) is 5.43 Å². The van der Waals surface area contributed by atoms with Gasteiger partial charge >= 0.3 is 0 Å². The normalized spacial score (nSPS) is 13.8. The molecule has 0 bridgehead atoms. The zero-order valence-corrected chi connectivity index (χ0v) is 23.3. The lowest BCUT2D eigenvalue weighted by atomic mass is 9.93. The summed E-state index contributed by atoms with van der Waals surface area (Å²) < 4.78 is 8.31. The molecule has 3 aromatic carbocycles. The summed E-state index contributed by atoms with van der Waals surface area (Å²) in [5, 5.41) is 20.4. The molecule has 2 aromatic heterocycles. The molecule has 6 rings (SSSR count). The highest BCUT2D eigenvalue weighted by Gasteiger charge is 2.28. The van der Waals surface area contributed by atoms with Gasteiger partial charge in [-0.2, -0.15) is 5.10 Å². The second-order valence-electron chi connectivity index (χ2n) is 10.3. The van der Waals surface area contributed by atoms with Crippen LogP contribution in [0.4, 0.5) is 11.4 Å². The van der Waals surface area contributed by atoms with Gasteiger partial charge in [0.15, 0.2) is 5.76 Å². The summed E-state index contributed by atoms with van der Waals surface area (Å²) in [6.45, 7) is 4.79. The Labute approximate surface area is 241 Å². The Morgan fingerprint density at radius 3 is 2.55 bits per heavy atom. The minimum atomic E-state index is -0.483. The molecule has 0 saturated carbocycles. The fraction of sp³-hybridized carbons (Fsp3) is 0.219. The van der Waals surface area contributed by atoms with E-state index in [2.05, 4.69) is 39.5 Å². The lowest BCUT2D eigenvalue weighted by molar-refractivity contribution is -0.384. The van der Waals surface area contributed by atoms with E-state index in [0.717, 1.165) is 40.3 Å². The SMILES string of the molecule is CCn1c2ccccc2c2cc(NC(=O)c3oc4c(c3C)/C(=N/NC(=O)Cc3ccc([N+](=O)[O-])cc3)CCC4)ccc21. The molecule has 10 heteroatoms. The highest BCUT2D eigenvalue weighted by Crippen LogP contribution is 2.33. The van der Waals surface area contributed by atoms with Crippen LogP contribution in [0.2, 0.25) is 0 Å². The molecule has 5 aromatic rings. The Morgan fingerprint density at radius 1 is 1.02 bits per heavy atom. The molecule has 2 N–H and O–H groups in total. The van der Waals surface area contributed by atoms with Crippen molar-refractivity contribution in [1.82, 2.24) is 9.99 Å². The number of aromatic nitrogens is 1. The van der Waals surface area contributed by atoms with Crippen LogP contribution in [0, 0.1) is 17.0 Å². The molecule has 0 aliphatic heterocycles. The number of carbonyl (C=O) groups excluding carboxylic acids is 2. The van der Waals surface area contributed by atoms with Crippen LogP contribution in [0.5, 0.6) is 0 Å². The molecule has 0 fully saturated rings. The number of carbonyl (C=O) groups is 2. The summed E-state index contributed by atoms with van der Waals surface area (Å²) in [7, 11) is 0. The fourth-order valence-electron chi connectivity index (χ4n) is 5.75. The number of non-ortho nitro benzene ring substituents is 1. The number of benzene rings is 3. The average molecular weight is 564 g/mol. The third kappa shape index (κ3) is 4.91. The lowest BCUT2D eigenvalue weighted by Crippen LogP contribution is -2.23. The van der Waals surface area contributed by atoms with Crippen LogP contribution in [0.15, 0.2) is 76.2 Å². The molecule has 1 aliphatic rings. The first kappa shape index (κ1) is 26.9.